The Bertz CT molecular complexity index is 664. The van der Waals surface area contributed by atoms with Crippen LogP contribution in [0, 0.1) is 17.0 Å². The molecule has 0 heterocycles. The largest absolute Gasteiger partial charge is 0.465 e. The summed E-state index contributed by atoms with van der Waals surface area (Å²) in [5.74, 6) is -3.54. The van der Waals surface area contributed by atoms with Crippen molar-refractivity contribution in [3.63, 3.8) is 0 Å². The zero-order valence-corrected chi connectivity index (χ0v) is 12.3. The molecule has 0 saturated carbocycles. The molecule has 0 atom stereocenters. The Hall–Kier alpha value is -2.97. The summed E-state index contributed by atoms with van der Waals surface area (Å²) in [6, 6.07) is 1.10. The highest BCUT2D eigenvalue weighted by molar-refractivity contribution is 6.07. The molecule has 0 bridgehead atoms. The molecule has 1 aromatic rings. The van der Waals surface area contributed by atoms with Gasteiger partial charge in [-0.2, -0.15) is 0 Å². The SMILES string of the molecule is COC(=O)c1cc(C)c([N+](=O)[O-])c(OC(C)=O)c1C(=O)OC. The third kappa shape index (κ3) is 3.19. The van der Waals surface area contributed by atoms with Crippen LogP contribution in [0.25, 0.3) is 0 Å². The molecule has 0 saturated heterocycles. The maximum Gasteiger partial charge on any atom is 0.342 e. The Morgan fingerprint density at radius 3 is 2.09 bits per heavy atom. The molecule has 0 amide bonds. The van der Waals surface area contributed by atoms with Crippen LogP contribution in [0.15, 0.2) is 6.07 Å². The lowest BCUT2D eigenvalue weighted by Gasteiger charge is -2.13. The molecule has 0 spiro atoms. The number of carbonyl (C=O) groups excluding carboxylic acids is 3. The fraction of sp³-hybridized carbons (Fsp3) is 0.308. The average molecular weight is 311 g/mol. The first-order chi connectivity index (χ1) is 10.2. The van der Waals surface area contributed by atoms with Gasteiger partial charge in [0, 0.05) is 12.5 Å². The summed E-state index contributed by atoms with van der Waals surface area (Å²) >= 11 is 0. The second-order valence-corrected chi connectivity index (χ2v) is 4.13. The number of carbonyl (C=O) groups is 3. The molecule has 1 rings (SSSR count). The first-order valence-corrected chi connectivity index (χ1v) is 5.91. The van der Waals surface area contributed by atoms with E-state index < -0.39 is 39.8 Å². The van der Waals surface area contributed by atoms with Crippen LogP contribution in [0.5, 0.6) is 5.75 Å². The number of esters is 3. The smallest absolute Gasteiger partial charge is 0.342 e. The Balaban J connectivity index is 3.87. The second kappa shape index (κ2) is 6.66. The van der Waals surface area contributed by atoms with Crippen LogP contribution in [-0.2, 0) is 14.3 Å². The van der Waals surface area contributed by atoms with Crippen molar-refractivity contribution in [1.82, 2.24) is 0 Å². The van der Waals surface area contributed by atoms with E-state index in [9.17, 15) is 24.5 Å². The van der Waals surface area contributed by atoms with Gasteiger partial charge in [0.05, 0.1) is 24.7 Å². The third-order valence-corrected chi connectivity index (χ3v) is 2.67. The first kappa shape index (κ1) is 17.1. The van der Waals surface area contributed by atoms with E-state index in [-0.39, 0.29) is 11.1 Å². The van der Waals surface area contributed by atoms with Gasteiger partial charge >= 0.3 is 23.6 Å². The molecule has 0 aliphatic heterocycles. The van der Waals surface area contributed by atoms with Crippen LogP contribution < -0.4 is 4.74 Å². The highest BCUT2D eigenvalue weighted by Gasteiger charge is 2.33. The summed E-state index contributed by atoms with van der Waals surface area (Å²) in [7, 11) is 2.10. The molecule has 1 aromatic carbocycles. The van der Waals surface area contributed by atoms with Crippen molar-refractivity contribution < 1.29 is 33.5 Å². The van der Waals surface area contributed by atoms with Crippen LogP contribution in [0.4, 0.5) is 5.69 Å². The molecule has 118 valence electrons. The standard InChI is InChI=1S/C13H13NO8/c1-6-5-8(12(16)20-3)9(13(17)21-4)11(22-7(2)15)10(6)14(18)19/h5H,1-4H3. The number of aryl methyl sites for hydroxylation is 1. The molecule has 0 aromatic heterocycles. The number of methoxy groups -OCH3 is 2. The van der Waals surface area contributed by atoms with Gasteiger partial charge in [0.25, 0.3) is 0 Å². The second-order valence-electron chi connectivity index (χ2n) is 4.13. The van der Waals surface area contributed by atoms with Crippen LogP contribution in [0.2, 0.25) is 0 Å². The molecular weight excluding hydrogens is 298 g/mol. The lowest BCUT2D eigenvalue weighted by Crippen LogP contribution is -2.17. The fourth-order valence-corrected chi connectivity index (χ4v) is 1.82. The van der Waals surface area contributed by atoms with Gasteiger partial charge in [-0.15, -0.1) is 0 Å². The lowest BCUT2D eigenvalue weighted by molar-refractivity contribution is -0.386. The number of nitro benzene ring substituents is 1. The van der Waals surface area contributed by atoms with E-state index in [2.05, 4.69) is 9.47 Å². The van der Waals surface area contributed by atoms with Gasteiger partial charge in [0.15, 0.2) is 0 Å². The quantitative estimate of drug-likeness (QED) is 0.354. The summed E-state index contributed by atoms with van der Waals surface area (Å²) in [5.41, 5.74) is -1.42. The maximum atomic E-state index is 11.9. The molecule has 9 heteroatoms. The van der Waals surface area contributed by atoms with E-state index in [0.29, 0.717) is 0 Å². The van der Waals surface area contributed by atoms with Gasteiger partial charge < -0.3 is 14.2 Å². The van der Waals surface area contributed by atoms with E-state index in [4.69, 9.17) is 4.74 Å². The van der Waals surface area contributed by atoms with Crippen molar-refractivity contribution in [1.29, 1.82) is 0 Å². The number of benzene rings is 1. The van der Waals surface area contributed by atoms with Crippen LogP contribution in [0.3, 0.4) is 0 Å². The summed E-state index contributed by atoms with van der Waals surface area (Å²) in [6.07, 6.45) is 0. The molecular formula is C13H13NO8. The number of nitrogens with zero attached hydrogens (tertiary/aromatic N) is 1. The molecule has 0 aliphatic carbocycles. The van der Waals surface area contributed by atoms with Crippen molar-refractivity contribution in [3.05, 3.63) is 32.9 Å². The normalized spacial score (nSPS) is 9.82. The number of ether oxygens (including phenoxy) is 3. The van der Waals surface area contributed by atoms with Crippen molar-refractivity contribution in [3.8, 4) is 5.75 Å². The summed E-state index contributed by atoms with van der Waals surface area (Å²) in [6.45, 7) is 2.34. The van der Waals surface area contributed by atoms with E-state index in [0.717, 1.165) is 27.2 Å². The summed E-state index contributed by atoms with van der Waals surface area (Å²) < 4.78 is 13.8. The lowest BCUT2D eigenvalue weighted by atomic mass is 10.0. The number of hydrogen-bond acceptors (Lipinski definition) is 8. The molecule has 0 aliphatic rings. The molecule has 9 nitrogen and oxygen atoms in total. The van der Waals surface area contributed by atoms with Gasteiger partial charge in [-0.1, -0.05) is 0 Å². The van der Waals surface area contributed by atoms with Crippen molar-refractivity contribution in [2.75, 3.05) is 14.2 Å². The van der Waals surface area contributed by atoms with Gasteiger partial charge in [0.1, 0.15) is 5.56 Å². The minimum Gasteiger partial charge on any atom is -0.465 e. The minimum atomic E-state index is -1.07. The third-order valence-electron chi connectivity index (χ3n) is 2.67. The van der Waals surface area contributed by atoms with E-state index in [1.807, 2.05) is 0 Å². The van der Waals surface area contributed by atoms with Gasteiger partial charge in [-0.3, -0.25) is 14.9 Å². The first-order valence-electron chi connectivity index (χ1n) is 5.91. The summed E-state index contributed by atoms with van der Waals surface area (Å²) in [5, 5.41) is 11.2. The zero-order valence-electron chi connectivity index (χ0n) is 12.3. The van der Waals surface area contributed by atoms with Crippen molar-refractivity contribution in [2.24, 2.45) is 0 Å². The average Bonchev–Trinajstić information content (AvgIpc) is 2.44. The number of nitro groups is 1. The topological polar surface area (TPSA) is 122 Å². The zero-order chi connectivity index (χ0) is 17.0. The van der Waals surface area contributed by atoms with E-state index in [1.165, 1.54) is 6.92 Å². The summed E-state index contributed by atoms with van der Waals surface area (Å²) in [4.78, 5) is 45.3. The van der Waals surface area contributed by atoms with E-state index in [1.54, 1.807) is 0 Å². The molecule has 0 N–H and O–H groups in total. The minimum absolute atomic E-state index is 0.0225. The predicted molar refractivity (Wildman–Crippen MR) is 71.8 cm³/mol. The molecule has 0 radical (unpaired) electrons. The van der Waals surface area contributed by atoms with Gasteiger partial charge in [0.2, 0.25) is 5.75 Å². The highest BCUT2D eigenvalue weighted by atomic mass is 16.6. The molecule has 0 unspecified atom stereocenters. The van der Waals surface area contributed by atoms with Gasteiger partial charge in [-0.25, -0.2) is 9.59 Å². The van der Waals surface area contributed by atoms with Crippen LogP contribution in [0.1, 0.15) is 33.2 Å². The van der Waals surface area contributed by atoms with Crippen molar-refractivity contribution >= 4 is 23.6 Å². The molecule has 0 fully saturated rings. The monoisotopic (exact) mass is 311 g/mol. The van der Waals surface area contributed by atoms with Crippen LogP contribution in [-0.4, -0.2) is 37.1 Å². The van der Waals surface area contributed by atoms with Gasteiger partial charge in [-0.05, 0) is 13.0 Å². The number of hydrogen-bond donors (Lipinski definition) is 0. The Morgan fingerprint density at radius 2 is 1.68 bits per heavy atom. The van der Waals surface area contributed by atoms with Crippen molar-refractivity contribution in [2.45, 2.75) is 13.8 Å². The fourth-order valence-electron chi connectivity index (χ4n) is 1.82. The highest BCUT2D eigenvalue weighted by Crippen LogP contribution is 2.37. The maximum absolute atomic E-state index is 11.9. The Kier molecular flexibility index (Phi) is 5.17. The van der Waals surface area contributed by atoms with E-state index >= 15 is 0 Å². The Morgan fingerprint density at radius 1 is 1.14 bits per heavy atom. The molecule has 22 heavy (non-hydrogen) atoms. The predicted octanol–water partition coefficient (Wildman–Crippen LogP) is 1.40. The number of rotatable bonds is 4. The Labute approximate surface area is 124 Å². The van der Waals surface area contributed by atoms with Crippen LogP contribution >= 0.6 is 0 Å².